The Morgan fingerprint density at radius 3 is 2.37 bits per heavy atom. The third kappa shape index (κ3) is 3.67. The van der Waals surface area contributed by atoms with Crippen LogP contribution in [0.1, 0.15) is 5.56 Å². The smallest absolute Gasteiger partial charge is 0.386 e. The Bertz CT molecular complexity index is 630. The van der Waals surface area contributed by atoms with Crippen molar-refractivity contribution in [2.24, 2.45) is 0 Å². The highest BCUT2D eigenvalue weighted by atomic mass is 35.7. The molecule has 0 spiro atoms. The van der Waals surface area contributed by atoms with E-state index in [9.17, 15) is 31.7 Å². The van der Waals surface area contributed by atoms with Gasteiger partial charge in [-0.3, -0.25) is 10.1 Å². The first kappa shape index (κ1) is 15.4. The van der Waals surface area contributed by atoms with E-state index in [0.29, 0.717) is 6.20 Å². The highest BCUT2D eigenvalue weighted by Gasteiger charge is 2.39. The van der Waals surface area contributed by atoms with Crippen LogP contribution in [-0.4, -0.2) is 24.7 Å². The van der Waals surface area contributed by atoms with E-state index < -0.39 is 36.8 Å². The summed E-state index contributed by atoms with van der Waals surface area (Å²) in [4.78, 5) is 11.2. The third-order valence-electron chi connectivity index (χ3n) is 1.80. The van der Waals surface area contributed by atoms with Crippen molar-refractivity contribution in [1.82, 2.24) is 4.98 Å². The van der Waals surface area contributed by atoms with E-state index in [-0.39, 0.29) is 5.56 Å². The van der Waals surface area contributed by atoms with Crippen LogP contribution in [-0.2, 0) is 9.05 Å². The van der Waals surface area contributed by atoms with Gasteiger partial charge < -0.3 is 4.74 Å². The fourth-order valence-electron chi connectivity index (χ4n) is 1.18. The fraction of sp³-hybridized carbons (Fsp3) is 0.286. The van der Waals surface area contributed by atoms with Crippen LogP contribution in [0.3, 0.4) is 0 Å². The zero-order chi connectivity index (χ0) is 15.0. The second-order valence-electron chi connectivity index (χ2n) is 3.17. The van der Waals surface area contributed by atoms with Crippen LogP contribution in [0.25, 0.3) is 0 Å². The summed E-state index contributed by atoms with van der Waals surface area (Å²) in [7, 11) is 0.0332. The van der Waals surface area contributed by atoms with E-state index >= 15 is 0 Å². The molecular weight excluding hydrogens is 317 g/mol. The van der Waals surface area contributed by atoms with E-state index in [4.69, 9.17) is 10.7 Å². The number of aryl methyl sites for hydroxylation is 1. The molecule has 1 aromatic rings. The molecule has 0 fully saturated rings. The first-order valence-electron chi connectivity index (χ1n) is 4.28. The van der Waals surface area contributed by atoms with Crippen molar-refractivity contribution in [1.29, 1.82) is 0 Å². The molecule has 1 aromatic heterocycles. The van der Waals surface area contributed by atoms with Crippen LogP contribution in [0.2, 0.25) is 0 Å². The number of aromatic nitrogens is 1. The molecule has 106 valence electrons. The van der Waals surface area contributed by atoms with E-state index in [0.717, 1.165) is 6.92 Å². The SMILES string of the molecule is Cc1cnc(OC(F)(F)F)c(S(=O)(=O)Cl)c1[N+](=O)[O-]. The Balaban J connectivity index is 3.67. The zero-order valence-electron chi connectivity index (χ0n) is 8.93. The van der Waals surface area contributed by atoms with E-state index in [1.807, 2.05) is 0 Å². The number of nitro groups is 1. The third-order valence-corrected chi connectivity index (χ3v) is 3.12. The number of halogens is 4. The van der Waals surface area contributed by atoms with Gasteiger partial charge in [-0.15, -0.1) is 13.2 Å². The van der Waals surface area contributed by atoms with Crippen molar-refractivity contribution < 1.29 is 31.2 Å². The molecule has 0 atom stereocenters. The maximum Gasteiger partial charge on any atom is 0.574 e. The predicted octanol–water partition coefficient (Wildman–Crippen LogP) is 2.12. The Kier molecular flexibility index (Phi) is 3.91. The first-order chi connectivity index (χ1) is 8.43. The molecule has 0 aliphatic heterocycles. The lowest BCUT2D eigenvalue weighted by molar-refractivity contribution is -0.388. The number of hydrogen-bond donors (Lipinski definition) is 0. The summed E-state index contributed by atoms with van der Waals surface area (Å²) in [6.07, 6.45) is -4.60. The minimum Gasteiger partial charge on any atom is -0.386 e. The van der Waals surface area contributed by atoms with Gasteiger partial charge in [0.05, 0.1) is 4.92 Å². The lowest BCUT2D eigenvalue weighted by atomic mass is 10.2. The average molecular weight is 321 g/mol. The van der Waals surface area contributed by atoms with Crippen LogP contribution in [0, 0.1) is 17.0 Å². The van der Waals surface area contributed by atoms with Crippen molar-refractivity contribution >= 4 is 25.4 Å². The molecule has 19 heavy (non-hydrogen) atoms. The van der Waals surface area contributed by atoms with Gasteiger partial charge in [-0.05, 0) is 6.92 Å². The summed E-state index contributed by atoms with van der Waals surface area (Å²) in [5, 5.41) is 10.7. The topological polar surface area (TPSA) is 99.4 Å². The number of rotatable bonds is 3. The van der Waals surface area contributed by atoms with Gasteiger partial charge in [0, 0.05) is 22.4 Å². The maximum atomic E-state index is 12.1. The summed E-state index contributed by atoms with van der Waals surface area (Å²) in [5.74, 6) is -1.50. The lowest BCUT2D eigenvalue weighted by Crippen LogP contribution is -2.20. The molecule has 0 aliphatic carbocycles. The molecular formula is C7H4ClF3N2O5S. The van der Waals surface area contributed by atoms with E-state index in [1.165, 1.54) is 0 Å². The number of hydrogen-bond acceptors (Lipinski definition) is 6. The standard InChI is InChI=1S/C7H4ClF3N2O5S/c1-3-2-12-6(18-7(9,10)11)5(19(8,16)17)4(3)13(14)15/h2H,1H3. The molecule has 0 amide bonds. The Hall–Kier alpha value is -1.62. The minimum absolute atomic E-state index is 0.279. The van der Waals surface area contributed by atoms with Crippen molar-refractivity contribution in [2.75, 3.05) is 0 Å². The molecule has 1 rings (SSSR count). The van der Waals surface area contributed by atoms with Crippen molar-refractivity contribution in [3.05, 3.63) is 21.9 Å². The summed E-state index contributed by atoms with van der Waals surface area (Å²) < 4.78 is 61.9. The quantitative estimate of drug-likeness (QED) is 0.480. The summed E-state index contributed by atoms with van der Waals surface area (Å²) in [6.45, 7) is 1.09. The summed E-state index contributed by atoms with van der Waals surface area (Å²) >= 11 is 0. The molecule has 1 heterocycles. The Morgan fingerprint density at radius 1 is 1.47 bits per heavy atom. The number of pyridine rings is 1. The van der Waals surface area contributed by atoms with E-state index in [2.05, 4.69) is 9.72 Å². The van der Waals surface area contributed by atoms with E-state index in [1.54, 1.807) is 0 Å². The molecule has 0 aromatic carbocycles. The van der Waals surface area contributed by atoms with Crippen molar-refractivity contribution in [3.8, 4) is 5.88 Å². The van der Waals surface area contributed by atoms with Crippen LogP contribution in [0.5, 0.6) is 5.88 Å². The predicted molar refractivity (Wildman–Crippen MR) is 55.4 cm³/mol. The number of ether oxygens (including phenoxy) is 1. The highest BCUT2D eigenvalue weighted by Crippen LogP contribution is 2.38. The first-order valence-corrected chi connectivity index (χ1v) is 6.59. The maximum absolute atomic E-state index is 12.1. The lowest BCUT2D eigenvalue weighted by Gasteiger charge is -2.11. The number of alkyl halides is 3. The molecule has 0 radical (unpaired) electrons. The molecule has 7 nitrogen and oxygen atoms in total. The monoisotopic (exact) mass is 320 g/mol. The molecule has 0 aliphatic rings. The summed E-state index contributed by atoms with van der Waals surface area (Å²) in [5.41, 5.74) is -1.40. The largest absolute Gasteiger partial charge is 0.574 e. The van der Waals surface area contributed by atoms with Gasteiger partial charge in [0.2, 0.25) is 10.8 Å². The highest BCUT2D eigenvalue weighted by molar-refractivity contribution is 8.14. The van der Waals surface area contributed by atoms with Gasteiger partial charge in [0.15, 0.2) is 0 Å². The molecule has 0 bridgehead atoms. The second kappa shape index (κ2) is 4.81. The van der Waals surface area contributed by atoms with Crippen LogP contribution < -0.4 is 4.74 Å². The molecule has 0 N–H and O–H groups in total. The fourth-order valence-corrected chi connectivity index (χ4v) is 2.37. The van der Waals surface area contributed by atoms with Crippen LogP contribution >= 0.6 is 10.7 Å². The molecule has 0 unspecified atom stereocenters. The molecule has 12 heteroatoms. The van der Waals surface area contributed by atoms with Crippen molar-refractivity contribution in [3.63, 3.8) is 0 Å². The van der Waals surface area contributed by atoms with Gasteiger partial charge in [-0.2, -0.15) is 0 Å². The minimum atomic E-state index is -5.27. The van der Waals surface area contributed by atoms with Gasteiger partial charge in [0.1, 0.15) is 0 Å². The van der Waals surface area contributed by atoms with Crippen LogP contribution in [0.15, 0.2) is 11.1 Å². The normalized spacial score (nSPS) is 12.3. The van der Waals surface area contributed by atoms with Gasteiger partial charge in [0.25, 0.3) is 14.7 Å². The molecule has 0 saturated carbocycles. The second-order valence-corrected chi connectivity index (χ2v) is 5.67. The Labute approximate surface area is 108 Å². The Morgan fingerprint density at radius 2 is 2.00 bits per heavy atom. The van der Waals surface area contributed by atoms with Gasteiger partial charge in [-0.25, -0.2) is 13.4 Å². The van der Waals surface area contributed by atoms with Gasteiger partial charge >= 0.3 is 6.36 Å². The van der Waals surface area contributed by atoms with Crippen molar-refractivity contribution in [2.45, 2.75) is 18.2 Å². The average Bonchev–Trinajstić information content (AvgIpc) is 2.15. The number of nitrogens with zero attached hydrogens (tertiary/aromatic N) is 2. The zero-order valence-corrected chi connectivity index (χ0v) is 10.5. The van der Waals surface area contributed by atoms with Crippen LogP contribution in [0.4, 0.5) is 18.9 Å². The molecule has 0 saturated heterocycles. The van der Waals surface area contributed by atoms with Gasteiger partial charge in [-0.1, -0.05) is 0 Å². The summed E-state index contributed by atoms with van der Waals surface area (Å²) in [6, 6.07) is 0.